The van der Waals surface area contributed by atoms with Gasteiger partial charge in [0.2, 0.25) is 5.91 Å². The molecule has 1 heterocycles. The highest BCUT2D eigenvalue weighted by Gasteiger charge is 2.26. The molecule has 0 radical (unpaired) electrons. The molecule has 2 N–H and O–H groups in total. The third kappa shape index (κ3) is 5.23. The average molecular weight is 333 g/mol. The second-order valence-corrected chi connectivity index (χ2v) is 6.78. The van der Waals surface area contributed by atoms with Crippen LogP contribution >= 0.6 is 0 Å². The molecular formula is C18H27N3O3. The lowest BCUT2D eigenvalue weighted by atomic mass is 10.1. The number of hydrogen-bond acceptors (Lipinski definition) is 3. The van der Waals surface area contributed by atoms with E-state index in [9.17, 15) is 9.59 Å². The van der Waals surface area contributed by atoms with Crippen LogP contribution < -0.4 is 10.6 Å². The van der Waals surface area contributed by atoms with Crippen molar-refractivity contribution >= 4 is 17.6 Å². The second-order valence-electron chi connectivity index (χ2n) is 6.78. The lowest BCUT2D eigenvalue weighted by Crippen LogP contribution is -2.51. The molecule has 1 aromatic rings. The van der Waals surface area contributed by atoms with Gasteiger partial charge in [-0.25, -0.2) is 4.79 Å². The van der Waals surface area contributed by atoms with Crippen LogP contribution in [0.15, 0.2) is 18.2 Å². The fourth-order valence-electron chi connectivity index (χ4n) is 2.66. The summed E-state index contributed by atoms with van der Waals surface area (Å²) >= 11 is 0. The molecule has 2 rings (SSSR count). The van der Waals surface area contributed by atoms with Crippen molar-refractivity contribution in [2.75, 3.05) is 31.6 Å². The zero-order valence-corrected chi connectivity index (χ0v) is 14.9. The molecule has 3 amide bonds. The molecule has 0 bridgehead atoms. The van der Waals surface area contributed by atoms with E-state index in [0.717, 1.165) is 16.8 Å². The van der Waals surface area contributed by atoms with Crippen LogP contribution in [-0.4, -0.2) is 49.2 Å². The minimum absolute atomic E-state index is 0.0137. The monoisotopic (exact) mass is 333 g/mol. The van der Waals surface area contributed by atoms with E-state index in [1.54, 1.807) is 0 Å². The first-order valence-corrected chi connectivity index (χ1v) is 8.36. The topological polar surface area (TPSA) is 70.7 Å². The molecule has 0 saturated carbocycles. The van der Waals surface area contributed by atoms with Gasteiger partial charge in [0.25, 0.3) is 0 Å². The van der Waals surface area contributed by atoms with Gasteiger partial charge in [-0.3, -0.25) is 4.79 Å². The molecule has 132 valence electrons. The molecule has 0 aromatic heterocycles. The minimum atomic E-state index is -0.264. The van der Waals surface area contributed by atoms with Crippen molar-refractivity contribution in [3.05, 3.63) is 29.3 Å². The summed E-state index contributed by atoms with van der Waals surface area (Å²) < 4.78 is 5.51. The summed E-state index contributed by atoms with van der Waals surface area (Å²) in [4.78, 5) is 25.7. The van der Waals surface area contributed by atoms with E-state index in [-0.39, 0.29) is 24.6 Å². The van der Waals surface area contributed by atoms with E-state index in [1.807, 2.05) is 36.9 Å². The third-order valence-electron chi connectivity index (χ3n) is 3.94. The summed E-state index contributed by atoms with van der Waals surface area (Å²) in [6, 6.07) is 5.66. The van der Waals surface area contributed by atoms with E-state index in [0.29, 0.717) is 25.6 Å². The molecule has 1 fully saturated rings. The van der Waals surface area contributed by atoms with E-state index in [1.165, 1.54) is 0 Å². The molecular weight excluding hydrogens is 306 g/mol. The number of amides is 3. The highest BCUT2D eigenvalue weighted by molar-refractivity contribution is 5.90. The number of nitrogens with zero attached hydrogens (tertiary/aromatic N) is 1. The molecule has 6 heteroatoms. The summed E-state index contributed by atoms with van der Waals surface area (Å²) in [5.41, 5.74) is 2.90. The Morgan fingerprint density at radius 2 is 2.12 bits per heavy atom. The Labute approximate surface area is 143 Å². The van der Waals surface area contributed by atoms with Gasteiger partial charge in [-0.2, -0.15) is 0 Å². The maximum absolute atomic E-state index is 12.1. The normalized spacial score (nSPS) is 18.0. The van der Waals surface area contributed by atoms with Crippen molar-refractivity contribution in [3.8, 4) is 0 Å². The Morgan fingerprint density at radius 1 is 1.38 bits per heavy atom. The summed E-state index contributed by atoms with van der Waals surface area (Å²) in [7, 11) is 0. The van der Waals surface area contributed by atoms with Crippen LogP contribution in [0.5, 0.6) is 0 Å². The van der Waals surface area contributed by atoms with E-state index in [4.69, 9.17) is 4.74 Å². The largest absolute Gasteiger partial charge is 0.365 e. The van der Waals surface area contributed by atoms with Crippen LogP contribution in [0.1, 0.15) is 25.0 Å². The Hall–Kier alpha value is -2.08. The van der Waals surface area contributed by atoms with Crippen molar-refractivity contribution in [3.63, 3.8) is 0 Å². The summed E-state index contributed by atoms with van der Waals surface area (Å²) in [6.45, 7) is 9.78. The first-order chi connectivity index (χ1) is 11.3. The van der Waals surface area contributed by atoms with Gasteiger partial charge >= 0.3 is 6.03 Å². The molecule has 1 atom stereocenters. The van der Waals surface area contributed by atoms with Gasteiger partial charge in [-0.15, -0.1) is 0 Å². The van der Waals surface area contributed by atoms with Gasteiger partial charge in [-0.05, 0) is 37.0 Å². The van der Waals surface area contributed by atoms with Gasteiger partial charge in [0.1, 0.15) is 6.61 Å². The number of carbonyl (C=O) groups is 2. The van der Waals surface area contributed by atoms with Gasteiger partial charge < -0.3 is 20.3 Å². The Bertz CT molecular complexity index is 601. The molecule has 0 spiro atoms. The lowest BCUT2D eigenvalue weighted by molar-refractivity contribution is -0.149. The van der Waals surface area contributed by atoms with Crippen LogP contribution in [0.25, 0.3) is 0 Å². The zero-order valence-electron chi connectivity index (χ0n) is 14.9. The van der Waals surface area contributed by atoms with Crippen molar-refractivity contribution in [2.24, 2.45) is 5.92 Å². The van der Waals surface area contributed by atoms with Crippen LogP contribution in [0, 0.1) is 19.8 Å². The Kier molecular flexibility index (Phi) is 6.20. The first kappa shape index (κ1) is 18.3. The fourth-order valence-corrected chi connectivity index (χ4v) is 2.66. The fraction of sp³-hybridized carbons (Fsp3) is 0.556. The van der Waals surface area contributed by atoms with Crippen molar-refractivity contribution in [2.45, 2.75) is 33.8 Å². The van der Waals surface area contributed by atoms with Crippen molar-refractivity contribution < 1.29 is 14.3 Å². The molecule has 1 aliphatic rings. The molecule has 0 aliphatic carbocycles. The van der Waals surface area contributed by atoms with Crippen LogP contribution in [0.3, 0.4) is 0 Å². The van der Waals surface area contributed by atoms with Gasteiger partial charge in [0.15, 0.2) is 0 Å². The van der Waals surface area contributed by atoms with Crippen molar-refractivity contribution in [1.29, 1.82) is 0 Å². The van der Waals surface area contributed by atoms with Gasteiger partial charge in [-0.1, -0.05) is 26.0 Å². The molecule has 1 unspecified atom stereocenters. The number of urea groups is 1. The maximum atomic E-state index is 12.1. The van der Waals surface area contributed by atoms with Gasteiger partial charge in [0, 0.05) is 25.3 Å². The van der Waals surface area contributed by atoms with Crippen molar-refractivity contribution in [1.82, 2.24) is 10.2 Å². The Balaban J connectivity index is 1.83. The zero-order chi connectivity index (χ0) is 17.7. The smallest absolute Gasteiger partial charge is 0.319 e. The summed E-state index contributed by atoms with van der Waals surface area (Å²) in [5, 5.41) is 5.68. The van der Waals surface area contributed by atoms with Crippen LogP contribution in [0.2, 0.25) is 0 Å². The number of benzene rings is 1. The van der Waals surface area contributed by atoms with E-state index >= 15 is 0 Å². The van der Waals surface area contributed by atoms with Crippen LogP contribution in [0.4, 0.5) is 10.5 Å². The van der Waals surface area contributed by atoms with E-state index in [2.05, 4.69) is 24.5 Å². The van der Waals surface area contributed by atoms with E-state index < -0.39 is 0 Å². The number of hydrogen-bond donors (Lipinski definition) is 2. The number of anilines is 1. The average Bonchev–Trinajstić information content (AvgIpc) is 2.51. The SMILES string of the molecule is Cc1ccc(C)c(NC(=O)NCC2CN(CC(C)C)C(=O)CO2)c1. The van der Waals surface area contributed by atoms with Gasteiger partial charge in [0.05, 0.1) is 6.10 Å². The number of ether oxygens (including phenoxy) is 1. The number of nitrogens with one attached hydrogen (secondary N) is 2. The highest BCUT2D eigenvalue weighted by atomic mass is 16.5. The highest BCUT2D eigenvalue weighted by Crippen LogP contribution is 2.16. The standard InChI is InChI=1S/C18H27N3O3/c1-12(2)9-21-10-15(24-11-17(21)22)8-19-18(23)20-16-7-13(3)5-6-14(16)4/h5-7,12,15H,8-11H2,1-4H3,(H2,19,20,23). The first-order valence-electron chi connectivity index (χ1n) is 8.36. The quantitative estimate of drug-likeness (QED) is 0.869. The number of carbonyl (C=O) groups excluding carboxylic acids is 2. The lowest BCUT2D eigenvalue weighted by Gasteiger charge is -2.33. The van der Waals surface area contributed by atoms with Crippen LogP contribution in [-0.2, 0) is 9.53 Å². The molecule has 1 saturated heterocycles. The maximum Gasteiger partial charge on any atom is 0.319 e. The molecule has 6 nitrogen and oxygen atoms in total. The molecule has 1 aromatic carbocycles. The molecule has 1 aliphatic heterocycles. The predicted molar refractivity (Wildman–Crippen MR) is 94.1 cm³/mol. The number of rotatable bonds is 5. The molecule has 24 heavy (non-hydrogen) atoms. The number of aryl methyl sites for hydroxylation is 2. The number of morpholine rings is 1. The summed E-state index contributed by atoms with van der Waals surface area (Å²) in [5.74, 6) is 0.424. The Morgan fingerprint density at radius 3 is 2.83 bits per heavy atom. The minimum Gasteiger partial charge on any atom is -0.365 e. The second kappa shape index (κ2) is 8.15. The summed E-state index contributed by atoms with van der Waals surface area (Å²) in [6.07, 6.45) is -0.175. The predicted octanol–water partition coefficient (Wildman–Crippen LogP) is 2.31. The third-order valence-corrected chi connectivity index (χ3v) is 3.94.